The van der Waals surface area contributed by atoms with Crippen LogP contribution in [0.4, 0.5) is 0 Å². The molecule has 0 aromatic carbocycles. The van der Waals surface area contributed by atoms with Gasteiger partial charge in [-0.1, -0.05) is 4.57 Å². The lowest BCUT2D eigenvalue weighted by atomic mass is 10.5. The molecule has 0 saturated carbocycles. The summed E-state index contributed by atoms with van der Waals surface area (Å²) in [5, 5.41) is 8.06. The van der Waals surface area contributed by atoms with Gasteiger partial charge in [0.25, 0.3) is 0 Å². The predicted molar refractivity (Wildman–Crippen MR) is 25.6 cm³/mol. The van der Waals surface area contributed by atoms with E-state index in [0.29, 0.717) is 12.6 Å². The molecule has 0 saturated heterocycles. The molecule has 0 aromatic rings. The van der Waals surface area contributed by atoms with Gasteiger partial charge in [0.15, 0.2) is 0 Å². The molecule has 36 valence electrons. The lowest BCUT2D eigenvalue weighted by Crippen LogP contribution is -1.79. The van der Waals surface area contributed by atoms with E-state index in [9.17, 15) is 4.57 Å². The minimum atomic E-state index is -0.245. The molecule has 1 unspecified atom stereocenters. The summed E-state index contributed by atoms with van der Waals surface area (Å²) in [5.74, 6) is 0. The molecule has 0 amide bonds. The van der Waals surface area contributed by atoms with Gasteiger partial charge in [-0.2, -0.15) is 0 Å². The smallest absolute Gasteiger partial charge is 0.324 e. The van der Waals surface area contributed by atoms with E-state index in [-0.39, 0.29) is 15.1 Å². The van der Waals surface area contributed by atoms with Gasteiger partial charge < -0.3 is 5.11 Å². The predicted octanol–water partition coefficient (Wildman–Crippen LogP) is 0.393. The Hall–Kier alpha value is 0.0600. The van der Waals surface area contributed by atoms with Crippen molar-refractivity contribution in [2.75, 3.05) is 12.8 Å². The molecule has 0 aliphatic carbocycles. The van der Waals surface area contributed by atoms with Gasteiger partial charge in [0, 0.05) is 13.0 Å². The molecule has 0 spiro atoms. The largest absolute Gasteiger partial charge is 0.396 e. The molecule has 1 atom stereocenters. The number of rotatable bonds is 3. The number of hydrogen-bond acceptors (Lipinski definition) is 2. The van der Waals surface area contributed by atoms with Gasteiger partial charge in [0.1, 0.15) is 6.16 Å². The molecule has 6 heavy (non-hydrogen) atoms. The number of aliphatic hydroxyl groups excluding tert-OH is 1. The van der Waals surface area contributed by atoms with Crippen molar-refractivity contribution in [2.24, 2.45) is 0 Å². The maximum atomic E-state index is 9.61. The highest BCUT2D eigenvalue weighted by molar-refractivity contribution is 7.23. The molecule has 0 radical (unpaired) electrons. The molecule has 1 N–H and O–H groups in total. The lowest BCUT2D eigenvalue weighted by molar-refractivity contribution is 0.296. The van der Waals surface area contributed by atoms with Crippen LogP contribution in [0.2, 0.25) is 0 Å². The second-order valence-corrected chi connectivity index (χ2v) is 1.76. The van der Waals surface area contributed by atoms with Crippen LogP contribution in [0, 0.1) is 0 Å². The van der Waals surface area contributed by atoms with Crippen LogP contribution in [0.5, 0.6) is 0 Å². The average Bonchev–Trinajstić information content (AvgIpc) is 1.61. The first kappa shape index (κ1) is 6.06. The van der Waals surface area contributed by atoms with E-state index >= 15 is 0 Å². The van der Waals surface area contributed by atoms with Crippen LogP contribution >= 0.6 is 8.46 Å². The van der Waals surface area contributed by atoms with Crippen LogP contribution in [0.15, 0.2) is 0 Å². The van der Waals surface area contributed by atoms with E-state index in [0.717, 1.165) is 0 Å². The van der Waals surface area contributed by atoms with Crippen molar-refractivity contribution < 1.29 is 9.67 Å². The molecule has 0 heterocycles. The highest BCUT2D eigenvalue weighted by Crippen LogP contribution is 1.91. The van der Waals surface area contributed by atoms with Gasteiger partial charge in [-0.25, -0.2) is 0 Å². The molecule has 0 bridgehead atoms. The van der Waals surface area contributed by atoms with Crippen molar-refractivity contribution in [3.05, 3.63) is 0 Å². The first-order chi connectivity index (χ1) is 2.91. The average molecular weight is 107 g/mol. The third kappa shape index (κ3) is 4.06. The van der Waals surface area contributed by atoms with Crippen LogP contribution in [-0.2, 0) is 4.57 Å². The molecule has 3 heteroatoms. The summed E-state index contributed by atoms with van der Waals surface area (Å²) in [5.41, 5.74) is 0. The van der Waals surface area contributed by atoms with Crippen LogP contribution in [0.3, 0.4) is 0 Å². The minimum absolute atomic E-state index is 0.162. The molecular weight excluding hydrogens is 99.0 g/mol. The third-order valence-electron chi connectivity index (χ3n) is 0.437. The zero-order valence-electron chi connectivity index (χ0n) is 3.48. The first-order valence-electron chi connectivity index (χ1n) is 1.87. The summed E-state index contributed by atoms with van der Waals surface area (Å²) in [6.45, 7) is 0.162. The second-order valence-electron chi connectivity index (χ2n) is 0.971. The van der Waals surface area contributed by atoms with Crippen LogP contribution in [0.1, 0.15) is 6.42 Å². The Kier molecular flexibility index (Phi) is 5.11. The van der Waals surface area contributed by atoms with E-state index in [1.165, 1.54) is 0 Å². The quantitative estimate of drug-likeness (QED) is 0.418. The monoisotopic (exact) mass is 107 g/mol. The van der Waals surface area contributed by atoms with E-state index in [2.05, 4.69) is 0 Å². The van der Waals surface area contributed by atoms with E-state index in [1.54, 1.807) is 0 Å². The SMILES string of the molecule is O=[PH+]CCCO. The van der Waals surface area contributed by atoms with E-state index < -0.39 is 0 Å². The van der Waals surface area contributed by atoms with Gasteiger partial charge >= 0.3 is 8.46 Å². The summed E-state index contributed by atoms with van der Waals surface area (Å²) >= 11 is 0. The fourth-order valence-corrected chi connectivity index (χ4v) is 0.454. The standard InChI is InChI=1S/C3H7O2P/c4-2-1-3-6-5/h4H,1-3H2/p+1. The molecule has 0 fully saturated rings. The maximum absolute atomic E-state index is 9.61. The molecule has 0 aromatic heterocycles. The van der Waals surface area contributed by atoms with Crippen molar-refractivity contribution in [1.29, 1.82) is 0 Å². The molecule has 0 rings (SSSR count). The van der Waals surface area contributed by atoms with Crippen molar-refractivity contribution >= 4 is 8.46 Å². The first-order valence-corrected chi connectivity index (χ1v) is 2.99. The molecular formula is C3H8O2P+. The van der Waals surface area contributed by atoms with Crippen LogP contribution in [0.25, 0.3) is 0 Å². The third-order valence-corrected chi connectivity index (χ3v) is 0.995. The minimum Gasteiger partial charge on any atom is -0.396 e. The highest BCUT2D eigenvalue weighted by Gasteiger charge is 1.85. The van der Waals surface area contributed by atoms with Gasteiger partial charge in [0.2, 0.25) is 0 Å². The summed E-state index contributed by atoms with van der Waals surface area (Å²) < 4.78 is 9.61. The lowest BCUT2D eigenvalue weighted by Gasteiger charge is -1.73. The van der Waals surface area contributed by atoms with E-state index in [1.807, 2.05) is 0 Å². The van der Waals surface area contributed by atoms with E-state index in [4.69, 9.17) is 5.11 Å². The Morgan fingerprint density at radius 1 is 1.67 bits per heavy atom. The topological polar surface area (TPSA) is 37.3 Å². The molecule has 2 nitrogen and oxygen atoms in total. The van der Waals surface area contributed by atoms with Crippen molar-refractivity contribution in [3.63, 3.8) is 0 Å². The fraction of sp³-hybridized carbons (Fsp3) is 1.00. The summed E-state index contributed by atoms with van der Waals surface area (Å²) in [6, 6.07) is 0. The normalized spacial score (nSPS) is 9.50. The van der Waals surface area contributed by atoms with Gasteiger partial charge in [-0.15, -0.1) is 0 Å². The number of aliphatic hydroxyl groups is 1. The summed E-state index contributed by atoms with van der Waals surface area (Å²) in [4.78, 5) is 0. The Balaban J connectivity index is 2.49. The summed E-state index contributed by atoms with van der Waals surface area (Å²) in [6.07, 6.45) is 1.30. The second kappa shape index (κ2) is 5.06. The molecule has 0 aliphatic rings. The van der Waals surface area contributed by atoms with Gasteiger partial charge in [-0.3, -0.25) is 0 Å². The Bertz CT molecular complexity index is 37.8. The van der Waals surface area contributed by atoms with Crippen LogP contribution < -0.4 is 0 Å². The van der Waals surface area contributed by atoms with Crippen molar-refractivity contribution in [1.82, 2.24) is 0 Å². The zero-order valence-corrected chi connectivity index (χ0v) is 4.48. The van der Waals surface area contributed by atoms with Gasteiger partial charge in [-0.05, 0) is 0 Å². The van der Waals surface area contributed by atoms with Crippen molar-refractivity contribution in [3.8, 4) is 0 Å². The Labute approximate surface area is 38.4 Å². The molecule has 0 aliphatic heterocycles. The van der Waals surface area contributed by atoms with Crippen LogP contribution in [-0.4, -0.2) is 17.9 Å². The highest BCUT2D eigenvalue weighted by atomic mass is 31.1. The number of hydrogen-bond donors (Lipinski definition) is 1. The fourth-order valence-electron chi connectivity index (χ4n) is 0.151. The van der Waals surface area contributed by atoms with Gasteiger partial charge in [0.05, 0.1) is 0 Å². The summed E-state index contributed by atoms with van der Waals surface area (Å²) in [7, 11) is -0.245. The Morgan fingerprint density at radius 2 is 2.33 bits per heavy atom. The maximum Gasteiger partial charge on any atom is 0.324 e. The Morgan fingerprint density at radius 3 is 2.50 bits per heavy atom. The zero-order chi connectivity index (χ0) is 4.83. The van der Waals surface area contributed by atoms with Crippen molar-refractivity contribution in [2.45, 2.75) is 6.42 Å².